The Hall–Kier alpha value is -5.00. The molecule has 11 nitrogen and oxygen atoms in total. The molecule has 1 heterocycles. The minimum absolute atomic E-state index is 0.239. The number of carbonyl (C=O) groups excluding carboxylic acids is 1. The Kier molecular flexibility index (Phi) is 10.2. The molecule has 212 valence electrons. The summed E-state index contributed by atoms with van der Waals surface area (Å²) in [6.07, 6.45) is 0.756. The average molecular weight is 559 g/mol. The fourth-order valence-electron chi connectivity index (χ4n) is 3.75. The van der Waals surface area contributed by atoms with Gasteiger partial charge in [-0.15, -0.1) is 0 Å². The highest BCUT2D eigenvalue weighted by molar-refractivity contribution is 5.86. The number of aliphatic hydroxyl groups is 2. The van der Waals surface area contributed by atoms with E-state index in [1.54, 1.807) is 37.3 Å². The zero-order chi connectivity index (χ0) is 29.0. The van der Waals surface area contributed by atoms with E-state index in [-0.39, 0.29) is 12.4 Å². The summed E-state index contributed by atoms with van der Waals surface area (Å²) in [5.74, 6) is 2.36. The highest BCUT2D eigenvalue weighted by Gasteiger charge is 2.11. The topological polar surface area (TPSA) is 145 Å². The summed E-state index contributed by atoms with van der Waals surface area (Å²) >= 11 is 0. The van der Waals surface area contributed by atoms with Gasteiger partial charge in [-0.05, 0) is 54.4 Å². The van der Waals surface area contributed by atoms with Crippen LogP contribution in [0.1, 0.15) is 29.7 Å². The van der Waals surface area contributed by atoms with Crippen molar-refractivity contribution in [3.05, 3.63) is 108 Å². The van der Waals surface area contributed by atoms with E-state index in [0.717, 1.165) is 11.1 Å². The summed E-state index contributed by atoms with van der Waals surface area (Å²) < 4.78 is 20.9. The SMILES string of the molecule is C=C(C)C(=O)OCOc1cccc(Cc2nc(Cc3cccc(OCO)c3)nc(Nc3cccc(OCO)c3)n2)c1. The number of esters is 1. The Balaban J connectivity index is 1.57. The van der Waals surface area contributed by atoms with E-state index in [1.165, 1.54) is 0 Å². The van der Waals surface area contributed by atoms with E-state index in [9.17, 15) is 4.79 Å². The number of hydrogen-bond donors (Lipinski definition) is 3. The number of nitrogens with one attached hydrogen (secondary N) is 1. The van der Waals surface area contributed by atoms with Crippen LogP contribution in [0.5, 0.6) is 17.2 Å². The molecule has 0 aliphatic heterocycles. The number of nitrogens with zero attached hydrogens (tertiary/aromatic N) is 3. The molecule has 3 aromatic carbocycles. The number of rotatable bonds is 14. The molecule has 11 heteroatoms. The lowest BCUT2D eigenvalue weighted by molar-refractivity contribution is -0.145. The lowest BCUT2D eigenvalue weighted by atomic mass is 10.1. The predicted octanol–water partition coefficient (Wildman–Crippen LogP) is 3.91. The zero-order valence-electron chi connectivity index (χ0n) is 22.4. The summed E-state index contributed by atoms with van der Waals surface area (Å²) in [6.45, 7) is 4.00. The molecule has 0 saturated heterocycles. The quantitative estimate of drug-likeness (QED) is 0.118. The molecule has 0 amide bonds. The normalized spacial score (nSPS) is 10.5. The molecule has 4 aromatic rings. The molecule has 0 unspecified atom stereocenters. The summed E-state index contributed by atoms with van der Waals surface area (Å²) in [5, 5.41) is 21.4. The third-order valence-corrected chi connectivity index (χ3v) is 5.57. The molecule has 0 atom stereocenters. The van der Waals surface area contributed by atoms with Crippen molar-refractivity contribution in [2.45, 2.75) is 19.8 Å². The van der Waals surface area contributed by atoms with Gasteiger partial charge < -0.3 is 34.5 Å². The van der Waals surface area contributed by atoms with Crippen LogP contribution in [0.2, 0.25) is 0 Å². The maximum Gasteiger partial charge on any atom is 0.335 e. The minimum atomic E-state index is -0.527. The molecule has 0 aliphatic rings. The van der Waals surface area contributed by atoms with Crippen LogP contribution in [0, 0.1) is 0 Å². The number of anilines is 2. The average Bonchev–Trinajstić information content (AvgIpc) is 2.94. The van der Waals surface area contributed by atoms with E-state index >= 15 is 0 Å². The van der Waals surface area contributed by atoms with Crippen LogP contribution in [-0.4, -0.2) is 51.5 Å². The molecular formula is C30H30N4O7. The molecule has 0 radical (unpaired) electrons. The Morgan fingerprint density at radius 1 is 0.780 bits per heavy atom. The number of carbonyl (C=O) groups is 1. The van der Waals surface area contributed by atoms with Crippen LogP contribution in [0.4, 0.5) is 11.6 Å². The van der Waals surface area contributed by atoms with Crippen molar-refractivity contribution in [1.82, 2.24) is 15.0 Å². The maximum atomic E-state index is 11.6. The lowest BCUT2D eigenvalue weighted by Crippen LogP contribution is -2.11. The number of aliphatic hydroxyl groups excluding tert-OH is 2. The van der Waals surface area contributed by atoms with Crippen molar-refractivity contribution in [3.63, 3.8) is 0 Å². The maximum absolute atomic E-state index is 11.6. The van der Waals surface area contributed by atoms with Crippen molar-refractivity contribution < 1.29 is 34.0 Å². The Morgan fingerprint density at radius 3 is 1.88 bits per heavy atom. The molecule has 4 rings (SSSR count). The van der Waals surface area contributed by atoms with Gasteiger partial charge in [0.05, 0.1) is 0 Å². The zero-order valence-corrected chi connectivity index (χ0v) is 22.4. The minimum Gasteiger partial charge on any atom is -0.468 e. The van der Waals surface area contributed by atoms with Crippen molar-refractivity contribution in [3.8, 4) is 17.2 Å². The van der Waals surface area contributed by atoms with Crippen molar-refractivity contribution >= 4 is 17.6 Å². The second-order valence-corrected chi connectivity index (χ2v) is 8.81. The smallest absolute Gasteiger partial charge is 0.335 e. The van der Waals surface area contributed by atoms with Gasteiger partial charge in [0.15, 0.2) is 13.6 Å². The number of ether oxygens (including phenoxy) is 4. The van der Waals surface area contributed by atoms with Gasteiger partial charge in [-0.25, -0.2) is 9.78 Å². The molecule has 0 spiro atoms. The molecule has 0 saturated carbocycles. The lowest BCUT2D eigenvalue weighted by Gasteiger charge is -2.12. The monoisotopic (exact) mass is 558 g/mol. The van der Waals surface area contributed by atoms with Crippen LogP contribution in [0.15, 0.2) is 84.9 Å². The van der Waals surface area contributed by atoms with Gasteiger partial charge in [-0.3, -0.25) is 0 Å². The van der Waals surface area contributed by atoms with Crippen molar-refractivity contribution in [1.29, 1.82) is 0 Å². The number of hydrogen-bond acceptors (Lipinski definition) is 11. The van der Waals surface area contributed by atoms with Gasteiger partial charge in [-0.2, -0.15) is 9.97 Å². The van der Waals surface area contributed by atoms with Gasteiger partial charge in [0.25, 0.3) is 0 Å². The van der Waals surface area contributed by atoms with E-state index in [2.05, 4.69) is 21.9 Å². The Bertz CT molecular complexity index is 1430. The van der Waals surface area contributed by atoms with Gasteiger partial charge in [0.1, 0.15) is 28.9 Å². The molecule has 0 bridgehead atoms. The van der Waals surface area contributed by atoms with Crippen molar-refractivity contribution in [2.24, 2.45) is 0 Å². The molecule has 3 N–H and O–H groups in total. The first-order valence-corrected chi connectivity index (χ1v) is 12.6. The first-order chi connectivity index (χ1) is 19.9. The van der Waals surface area contributed by atoms with Gasteiger partial charge in [0.2, 0.25) is 12.7 Å². The van der Waals surface area contributed by atoms with Crippen LogP contribution in [-0.2, 0) is 22.4 Å². The van der Waals surface area contributed by atoms with E-state index < -0.39 is 19.6 Å². The highest BCUT2D eigenvalue weighted by atomic mass is 16.7. The van der Waals surface area contributed by atoms with Crippen molar-refractivity contribution in [2.75, 3.05) is 25.7 Å². The first kappa shape index (κ1) is 29.0. The van der Waals surface area contributed by atoms with Crippen LogP contribution in [0.25, 0.3) is 0 Å². The standard InChI is InChI=1S/C30H30N4O7/c1-20(2)29(37)41-19-40-25-10-4-7-22(13-25)15-28-32-27(14-21-6-3-9-24(12-21)38-17-35)33-30(34-28)31-23-8-5-11-26(16-23)39-18-36/h3-13,16,35-36H,1,14-15,17-19H2,2H3,(H,31,32,33,34). The Morgan fingerprint density at radius 2 is 1.32 bits per heavy atom. The molecule has 1 aromatic heterocycles. The first-order valence-electron chi connectivity index (χ1n) is 12.6. The van der Waals surface area contributed by atoms with Crippen LogP contribution in [0.3, 0.4) is 0 Å². The predicted molar refractivity (Wildman–Crippen MR) is 150 cm³/mol. The van der Waals surface area contributed by atoms with Crippen LogP contribution < -0.4 is 19.5 Å². The van der Waals surface area contributed by atoms with E-state index in [4.69, 9.17) is 34.1 Å². The number of benzene rings is 3. The third kappa shape index (κ3) is 9.02. The summed E-state index contributed by atoms with van der Waals surface area (Å²) in [5.41, 5.74) is 2.71. The third-order valence-electron chi connectivity index (χ3n) is 5.57. The number of aromatic nitrogens is 3. The van der Waals surface area contributed by atoms with E-state index in [1.807, 2.05) is 42.5 Å². The highest BCUT2D eigenvalue weighted by Crippen LogP contribution is 2.22. The largest absolute Gasteiger partial charge is 0.468 e. The van der Waals surface area contributed by atoms with Gasteiger partial charge >= 0.3 is 5.97 Å². The molecule has 41 heavy (non-hydrogen) atoms. The second-order valence-electron chi connectivity index (χ2n) is 8.81. The van der Waals surface area contributed by atoms with Crippen LogP contribution >= 0.6 is 0 Å². The Labute approximate surface area is 237 Å². The summed E-state index contributed by atoms with van der Waals surface area (Å²) in [7, 11) is 0. The van der Waals surface area contributed by atoms with Gasteiger partial charge in [0, 0.05) is 30.2 Å². The summed E-state index contributed by atoms with van der Waals surface area (Å²) in [6, 6.07) is 21.7. The fraction of sp³-hybridized carbons (Fsp3) is 0.200. The van der Waals surface area contributed by atoms with Gasteiger partial charge in [-0.1, -0.05) is 36.9 Å². The molecule has 0 fully saturated rings. The second kappa shape index (κ2) is 14.4. The van der Waals surface area contributed by atoms with E-state index in [0.29, 0.717) is 53.4 Å². The summed E-state index contributed by atoms with van der Waals surface area (Å²) in [4.78, 5) is 25.5. The molecular weight excluding hydrogens is 528 g/mol. The fourth-order valence-corrected chi connectivity index (χ4v) is 3.75. The molecule has 0 aliphatic carbocycles.